The van der Waals surface area contributed by atoms with Crippen LogP contribution in [0.15, 0.2) is 71.2 Å². The normalized spacial score (nSPS) is 16.8. The van der Waals surface area contributed by atoms with Crippen molar-refractivity contribution in [1.82, 2.24) is 4.90 Å². The van der Waals surface area contributed by atoms with E-state index in [9.17, 15) is 14.9 Å². The number of carbonyl (C=O) groups is 1. The standard InChI is InChI=1S/C26H23BrN4O3/c27-19-7-5-18(6-8-19)25(24-22-15-21(31(33)34)11-12-23(22)29-26(24)32)28-20-9-3-17(4-10-20)16-30-13-1-2-14-30/h3-12,15,28H,1-2,13-14,16H2,(H,29,32). The molecule has 2 aliphatic heterocycles. The minimum absolute atomic E-state index is 0.0610. The molecular weight excluding hydrogens is 496 g/mol. The van der Waals surface area contributed by atoms with Gasteiger partial charge in [0.2, 0.25) is 0 Å². The number of nitro benzene ring substituents is 1. The molecule has 0 unspecified atom stereocenters. The Morgan fingerprint density at radius 3 is 2.41 bits per heavy atom. The molecule has 5 rings (SSSR count). The summed E-state index contributed by atoms with van der Waals surface area (Å²) in [6.45, 7) is 3.21. The molecule has 1 amide bonds. The van der Waals surface area contributed by atoms with Crippen LogP contribution in [0.5, 0.6) is 0 Å². The van der Waals surface area contributed by atoms with E-state index in [1.54, 1.807) is 6.07 Å². The van der Waals surface area contributed by atoms with Crippen molar-refractivity contribution in [2.24, 2.45) is 0 Å². The molecule has 0 atom stereocenters. The maximum atomic E-state index is 13.0. The van der Waals surface area contributed by atoms with Crippen LogP contribution < -0.4 is 10.6 Å². The van der Waals surface area contributed by atoms with E-state index in [4.69, 9.17) is 0 Å². The van der Waals surface area contributed by atoms with Crippen molar-refractivity contribution in [3.05, 3.63) is 98.0 Å². The van der Waals surface area contributed by atoms with E-state index in [1.165, 1.54) is 30.5 Å². The second-order valence-corrected chi connectivity index (χ2v) is 9.42. The highest BCUT2D eigenvalue weighted by atomic mass is 79.9. The summed E-state index contributed by atoms with van der Waals surface area (Å²) in [4.78, 5) is 26.4. The number of benzene rings is 3. The van der Waals surface area contributed by atoms with Gasteiger partial charge in [-0.3, -0.25) is 19.8 Å². The van der Waals surface area contributed by atoms with Gasteiger partial charge in [0.05, 0.1) is 16.2 Å². The van der Waals surface area contributed by atoms with E-state index in [0.717, 1.165) is 35.4 Å². The largest absolute Gasteiger partial charge is 0.354 e. The van der Waals surface area contributed by atoms with E-state index in [0.29, 0.717) is 22.5 Å². The van der Waals surface area contributed by atoms with Crippen molar-refractivity contribution in [2.75, 3.05) is 23.7 Å². The van der Waals surface area contributed by atoms with Gasteiger partial charge in [0, 0.05) is 40.1 Å². The maximum Gasteiger partial charge on any atom is 0.270 e. The number of carbonyl (C=O) groups excluding carboxylic acids is 1. The van der Waals surface area contributed by atoms with Gasteiger partial charge >= 0.3 is 0 Å². The van der Waals surface area contributed by atoms with Gasteiger partial charge in [-0.15, -0.1) is 0 Å². The van der Waals surface area contributed by atoms with Gasteiger partial charge in [-0.1, -0.05) is 40.2 Å². The average Bonchev–Trinajstić information content (AvgIpc) is 3.45. The van der Waals surface area contributed by atoms with Crippen molar-refractivity contribution in [1.29, 1.82) is 0 Å². The molecule has 3 aromatic carbocycles. The zero-order valence-electron chi connectivity index (χ0n) is 18.4. The number of amides is 1. The molecule has 2 N–H and O–H groups in total. The zero-order valence-corrected chi connectivity index (χ0v) is 20.0. The van der Waals surface area contributed by atoms with Crippen LogP contribution in [0.4, 0.5) is 17.1 Å². The molecular formula is C26H23BrN4O3. The lowest BCUT2D eigenvalue weighted by Gasteiger charge is -2.17. The third-order valence-electron chi connectivity index (χ3n) is 6.17. The summed E-state index contributed by atoms with van der Waals surface area (Å²) in [5, 5.41) is 17.6. The molecule has 0 aromatic heterocycles. The van der Waals surface area contributed by atoms with E-state index in [-0.39, 0.29) is 11.6 Å². The third kappa shape index (κ3) is 4.60. The van der Waals surface area contributed by atoms with Gasteiger partial charge in [-0.2, -0.15) is 0 Å². The van der Waals surface area contributed by atoms with Crippen molar-refractivity contribution in [3.8, 4) is 0 Å². The van der Waals surface area contributed by atoms with Crippen molar-refractivity contribution < 1.29 is 9.72 Å². The van der Waals surface area contributed by atoms with Gasteiger partial charge in [-0.05, 0) is 67.4 Å². The Balaban J connectivity index is 1.54. The van der Waals surface area contributed by atoms with Crippen molar-refractivity contribution >= 4 is 50.2 Å². The van der Waals surface area contributed by atoms with Crippen LogP contribution in [0.1, 0.15) is 29.5 Å². The first-order valence-corrected chi connectivity index (χ1v) is 12.0. The van der Waals surface area contributed by atoms with Crippen LogP contribution in [0, 0.1) is 10.1 Å². The van der Waals surface area contributed by atoms with Crippen LogP contribution >= 0.6 is 15.9 Å². The fourth-order valence-corrected chi connectivity index (χ4v) is 4.71. The number of rotatable bonds is 6. The summed E-state index contributed by atoms with van der Waals surface area (Å²) in [5.41, 5.74) is 4.85. The lowest BCUT2D eigenvalue weighted by Crippen LogP contribution is -2.18. The Bertz CT molecular complexity index is 1280. The van der Waals surface area contributed by atoms with Crippen molar-refractivity contribution in [3.63, 3.8) is 0 Å². The van der Waals surface area contributed by atoms with E-state index >= 15 is 0 Å². The van der Waals surface area contributed by atoms with E-state index < -0.39 is 4.92 Å². The zero-order chi connectivity index (χ0) is 23.7. The van der Waals surface area contributed by atoms with Gasteiger partial charge in [0.25, 0.3) is 11.6 Å². The number of fused-ring (bicyclic) bond motifs is 1. The molecule has 2 heterocycles. The monoisotopic (exact) mass is 518 g/mol. The number of hydrogen-bond acceptors (Lipinski definition) is 5. The molecule has 1 saturated heterocycles. The van der Waals surface area contributed by atoms with Crippen LogP contribution in [0.3, 0.4) is 0 Å². The Hall–Kier alpha value is -3.49. The first-order valence-electron chi connectivity index (χ1n) is 11.2. The Labute approximate surface area is 205 Å². The van der Waals surface area contributed by atoms with Gasteiger partial charge in [0.15, 0.2) is 0 Å². The minimum Gasteiger partial charge on any atom is -0.354 e. The predicted molar refractivity (Wildman–Crippen MR) is 137 cm³/mol. The maximum absolute atomic E-state index is 13.0. The smallest absolute Gasteiger partial charge is 0.270 e. The SMILES string of the molecule is O=C1Nc2ccc([N+](=O)[O-])cc2C1=C(Nc1ccc(CN2CCCC2)cc1)c1ccc(Br)cc1. The highest BCUT2D eigenvalue weighted by Crippen LogP contribution is 2.39. The number of anilines is 2. The first-order chi connectivity index (χ1) is 16.5. The Morgan fingerprint density at radius 1 is 1.03 bits per heavy atom. The number of nitrogens with one attached hydrogen (secondary N) is 2. The summed E-state index contributed by atoms with van der Waals surface area (Å²) in [5.74, 6) is -0.299. The number of nitrogens with zero attached hydrogens (tertiary/aromatic N) is 2. The lowest BCUT2D eigenvalue weighted by atomic mass is 9.99. The molecule has 0 radical (unpaired) electrons. The predicted octanol–water partition coefficient (Wildman–Crippen LogP) is 5.89. The molecule has 7 nitrogen and oxygen atoms in total. The highest BCUT2D eigenvalue weighted by molar-refractivity contribution is 9.10. The molecule has 34 heavy (non-hydrogen) atoms. The minimum atomic E-state index is -0.452. The van der Waals surface area contributed by atoms with Crippen molar-refractivity contribution in [2.45, 2.75) is 19.4 Å². The van der Waals surface area contributed by atoms with Crippen LogP contribution in [0.2, 0.25) is 0 Å². The van der Waals surface area contributed by atoms with Gasteiger partial charge in [-0.25, -0.2) is 0 Å². The van der Waals surface area contributed by atoms with E-state index in [1.807, 2.05) is 36.4 Å². The first kappa shape index (κ1) is 22.3. The average molecular weight is 519 g/mol. The quantitative estimate of drug-likeness (QED) is 0.241. The molecule has 172 valence electrons. The highest BCUT2D eigenvalue weighted by Gasteiger charge is 2.30. The van der Waals surface area contributed by atoms with Crippen LogP contribution in [-0.4, -0.2) is 28.8 Å². The Morgan fingerprint density at radius 2 is 1.74 bits per heavy atom. The fraction of sp³-hybridized carbons (Fsp3) is 0.192. The van der Waals surface area contributed by atoms with Crippen LogP contribution in [-0.2, 0) is 11.3 Å². The second kappa shape index (κ2) is 9.40. The number of hydrogen-bond donors (Lipinski definition) is 2. The summed E-state index contributed by atoms with van der Waals surface area (Å²) in [6, 6.07) is 20.2. The van der Waals surface area contributed by atoms with Crippen LogP contribution in [0.25, 0.3) is 11.3 Å². The summed E-state index contributed by atoms with van der Waals surface area (Å²) < 4.78 is 0.916. The number of non-ortho nitro benzene ring substituents is 1. The fourth-order valence-electron chi connectivity index (χ4n) is 4.45. The summed E-state index contributed by atoms with van der Waals surface area (Å²) >= 11 is 3.46. The number of halogens is 1. The lowest BCUT2D eigenvalue weighted by molar-refractivity contribution is -0.384. The second-order valence-electron chi connectivity index (χ2n) is 8.50. The molecule has 0 saturated carbocycles. The molecule has 2 aliphatic rings. The van der Waals surface area contributed by atoms with Gasteiger partial charge < -0.3 is 10.6 Å². The molecule has 8 heteroatoms. The molecule has 0 spiro atoms. The van der Waals surface area contributed by atoms with E-state index in [2.05, 4.69) is 43.6 Å². The number of nitro groups is 1. The Kier molecular flexibility index (Phi) is 6.17. The molecule has 1 fully saturated rings. The number of likely N-dealkylation sites (tertiary alicyclic amines) is 1. The van der Waals surface area contributed by atoms with Gasteiger partial charge in [0.1, 0.15) is 0 Å². The molecule has 3 aromatic rings. The summed E-state index contributed by atoms with van der Waals surface area (Å²) in [6.07, 6.45) is 2.51. The summed E-state index contributed by atoms with van der Waals surface area (Å²) in [7, 11) is 0. The molecule has 0 bridgehead atoms. The topological polar surface area (TPSA) is 87.5 Å². The third-order valence-corrected chi connectivity index (χ3v) is 6.70. The molecule has 0 aliphatic carbocycles.